The first-order valence-electron chi connectivity index (χ1n) is 9.63. The minimum atomic E-state index is -0.556. The zero-order valence-corrected chi connectivity index (χ0v) is 17.5. The van der Waals surface area contributed by atoms with E-state index in [-0.39, 0.29) is 5.91 Å². The summed E-state index contributed by atoms with van der Waals surface area (Å²) in [6.45, 7) is -0.556. The van der Waals surface area contributed by atoms with Crippen molar-refractivity contribution in [1.29, 1.82) is 0 Å². The fraction of sp³-hybridized carbons (Fsp3) is 0.0833. The van der Waals surface area contributed by atoms with E-state index in [0.717, 1.165) is 16.8 Å². The highest BCUT2D eigenvalue weighted by Crippen LogP contribution is 2.38. The van der Waals surface area contributed by atoms with Crippen LogP contribution in [0.1, 0.15) is 11.1 Å². The first kappa shape index (κ1) is 20.7. The van der Waals surface area contributed by atoms with E-state index < -0.39 is 12.5 Å². The molecule has 4 rings (SSSR count). The lowest BCUT2D eigenvalue weighted by atomic mass is 10.00. The molecule has 0 saturated heterocycles. The maximum atomic E-state index is 12.9. The molecule has 3 aromatic carbocycles. The molecule has 3 N–H and O–H groups in total. The second-order valence-corrected chi connectivity index (χ2v) is 7.48. The van der Waals surface area contributed by atoms with Gasteiger partial charge in [0, 0.05) is 29.0 Å². The average molecular weight is 434 g/mol. The molecule has 0 radical (unpaired) electrons. The predicted octanol–water partition coefficient (Wildman–Crippen LogP) is 4.23. The molecule has 3 aromatic rings. The smallest absolute Gasteiger partial charge is 0.258 e. The van der Waals surface area contributed by atoms with Gasteiger partial charge in [-0.05, 0) is 42.0 Å². The Morgan fingerprint density at radius 1 is 1.06 bits per heavy atom. The standard InChI is InChI=1S/C24H20ClN3O3/c1-28(21(30)14-29)18-10-8-17(9-11-18)26-23(15-5-3-2-4-6-15)22-19-12-7-16(25)13-20(19)27-24(22)31/h2-13,26,29H,14H2,1H3,(H,27,31)/b23-22-. The van der Waals surface area contributed by atoms with Crippen LogP contribution < -0.4 is 15.5 Å². The van der Waals surface area contributed by atoms with Crippen LogP contribution in [0.15, 0.2) is 72.8 Å². The Bertz CT molecular complexity index is 1170. The summed E-state index contributed by atoms with van der Waals surface area (Å²) in [6.07, 6.45) is 0. The third-order valence-corrected chi connectivity index (χ3v) is 5.31. The number of hydrogen-bond donors (Lipinski definition) is 3. The number of carbonyl (C=O) groups excluding carboxylic acids is 2. The molecule has 2 amide bonds. The van der Waals surface area contributed by atoms with Gasteiger partial charge in [0.05, 0.1) is 17.0 Å². The van der Waals surface area contributed by atoms with E-state index in [1.807, 2.05) is 48.5 Å². The summed E-state index contributed by atoms with van der Waals surface area (Å²) in [5.74, 6) is -0.612. The van der Waals surface area contributed by atoms with E-state index in [4.69, 9.17) is 16.7 Å². The Balaban J connectivity index is 1.76. The summed E-state index contributed by atoms with van der Waals surface area (Å²) in [4.78, 5) is 26.0. The number of hydrogen-bond acceptors (Lipinski definition) is 4. The van der Waals surface area contributed by atoms with Crippen molar-refractivity contribution in [2.24, 2.45) is 0 Å². The molecule has 0 bridgehead atoms. The molecular formula is C24H20ClN3O3. The zero-order valence-electron chi connectivity index (χ0n) is 16.7. The molecule has 31 heavy (non-hydrogen) atoms. The molecule has 0 fully saturated rings. The Morgan fingerprint density at radius 3 is 2.45 bits per heavy atom. The van der Waals surface area contributed by atoms with Gasteiger partial charge in [0.2, 0.25) is 0 Å². The van der Waals surface area contributed by atoms with E-state index in [1.165, 1.54) is 4.90 Å². The first-order valence-corrected chi connectivity index (χ1v) is 10.0. The van der Waals surface area contributed by atoms with Crippen LogP contribution in [-0.4, -0.2) is 30.6 Å². The van der Waals surface area contributed by atoms with Crippen LogP contribution >= 0.6 is 11.6 Å². The fourth-order valence-corrected chi connectivity index (χ4v) is 3.61. The summed E-state index contributed by atoms with van der Waals surface area (Å²) >= 11 is 6.09. The van der Waals surface area contributed by atoms with Gasteiger partial charge in [-0.3, -0.25) is 9.59 Å². The van der Waals surface area contributed by atoms with Gasteiger partial charge >= 0.3 is 0 Å². The number of halogens is 1. The molecular weight excluding hydrogens is 414 g/mol. The third-order valence-electron chi connectivity index (χ3n) is 5.07. The van der Waals surface area contributed by atoms with Crippen LogP contribution in [-0.2, 0) is 9.59 Å². The van der Waals surface area contributed by atoms with Crippen LogP contribution in [0.2, 0.25) is 5.02 Å². The van der Waals surface area contributed by atoms with Gasteiger partial charge < -0.3 is 20.6 Å². The van der Waals surface area contributed by atoms with E-state index in [9.17, 15) is 9.59 Å². The maximum Gasteiger partial charge on any atom is 0.258 e. The summed E-state index contributed by atoms with van der Waals surface area (Å²) in [7, 11) is 1.60. The van der Waals surface area contributed by atoms with Gasteiger partial charge in [0.15, 0.2) is 0 Å². The van der Waals surface area contributed by atoms with Crippen molar-refractivity contribution in [3.63, 3.8) is 0 Å². The largest absolute Gasteiger partial charge is 0.387 e. The molecule has 0 aliphatic carbocycles. The number of rotatable bonds is 5. The Kier molecular flexibility index (Phi) is 5.75. The number of fused-ring (bicyclic) bond motifs is 1. The lowest BCUT2D eigenvalue weighted by Crippen LogP contribution is -2.28. The van der Waals surface area contributed by atoms with Crippen molar-refractivity contribution in [2.45, 2.75) is 0 Å². The SMILES string of the molecule is CN(C(=O)CO)c1ccc(N/C(=C2\C(=O)Nc3cc(Cl)ccc32)c2ccccc2)cc1. The molecule has 0 spiro atoms. The summed E-state index contributed by atoms with van der Waals surface area (Å²) in [5.41, 5.74) is 4.87. The number of nitrogens with one attached hydrogen (secondary N) is 2. The van der Waals surface area contributed by atoms with Gasteiger partial charge in [0.1, 0.15) is 6.61 Å². The number of likely N-dealkylation sites (N-methyl/N-ethyl adjacent to an activating group) is 1. The lowest BCUT2D eigenvalue weighted by Gasteiger charge is -2.18. The number of benzene rings is 3. The van der Waals surface area contributed by atoms with Gasteiger partial charge in [-0.1, -0.05) is 48.0 Å². The molecule has 1 aliphatic heterocycles. The second-order valence-electron chi connectivity index (χ2n) is 7.04. The average Bonchev–Trinajstić information content (AvgIpc) is 3.11. The van der Waals surface area contributed by atoms with Gasteiger partial charge in [-0.2, -0.15) is 0 Å². The topological polar surface area (TPSA) is 81.7 Å². The molecule has 0 saturated carbocycles. The molecule has 1 aliphatic rings. The molecule has 0 aromatic heterocycles. The van der Waals surface area contributed by atoms with E-state index >= 15 is 0 Å². The first-order chi connectivity index (χ1) is 15.0. The van der Waals surface area contributed by atoms with E-state index in [1.54, 1.807) is 31.3 Å². The molecule has 1 heterocycles. The van der Waals surface area contributed by atoms with Crippen LogP contribution in [0.4, 0.5) is 17.1 Å². The monoisotopic (exact) mass is 433 g/mol. The van der Waals surface area contributed by atoms with Crippen molar-refractivity contribution in [3.05, 3.63) is 88.9 Å². The highest BCUT2D eigenvalue weighted by atomic mass is 35.5. The number of amides is 2. The van der Waals surface area contributed by atoms with Gasteiger partial charge in [-0.15, -0.1) is 0 Å². The fourth-order valence-electron chi connectivity index (χ4n) is 3.44. The van der Waals surface area contributed by atoms with E-state index in [0.29, 0.717) is 27.7 Å². The van der Waals surface area contributed by atoms with Crippen molar-refractivity contribution >= 4 is 51.7 Å². The third kappa shape index (κ3) is 4.17. The van der Waals surface area contributed by atoms with E-state index in [2.05, 4.69) is 10.6 Å². The van der Waals surface area contributed by atoms with Crippen LogP contribution in [0.3, 0.4) is 0 Å². The number of nitrogens with zero attached hydrogens (tertiary/aromatic N) is 1. The molecule has 0 unspecified atom stereocenters. The number of anilines is 3. The van der Waals surface area contributed by atoms with Gasteiger partial charge in [0.25, 0.3) is 11.8 Å². The van der Waals surface area contributed by atoms with Gasteiger partial charge in [-0.25, -0.2) is 0 Å². The quantitative estimate of drug-likeness (QED) is 0.526. The highest BCUT2D eigenvalue weighted by molar-refractivity contribution is 6.38. The van der Waals surface area contributed by atoms with Crippen LogP contribution in [0, 0.1) is 0 Å². The maximum absolute atomic E-state index is 12.9. The second kappa shape index (κ2) is 8.63. The normalized spacial score (nSPS) is 14.0. The minimum Gasteiger partial charge on any atom is -0.387 e. The van der Waals surface area contributed by atoms with Crippen molar-refractivity contribution in [3.8, 4) is 0 Å². The molecule has 156 valence electrons. The Hall–Kier alpha value is -3.61. The highest BCUT2D eigenvalue weighted by Gasteiger charge is 2.28. The summed E-state index contributed by atoms with van der Waals surface area (Å²) in [6, 6.07) is 22.1. The Labute approximate surface area is 184 Å². The lowest BCUT2D eigenvalue weighted by molar-refractivity contribution is -0.121. The Morgan fingerprint density at radius 2 is 1.77 bits per heavy atom. The summed E-state index contributed by atoms with van der Waals surface area (Å²) in [5, 5.41) is 15.8. The molecule has 0 atom stereocenters. The summed E-state index contributed by atoms with van der Waals surface area (Å²) < 4.78 is 0. The number of aliphatic hydroxyl groups is 1. The van der Waals surface area contributed by atoms with Crippen molar-refractivity contribution in [2.75, 3.05) is 29.2 Å². The predicted molar refractivity (Wildman–Crippen MR) is 124 cm³/mol. The molecule has 7 heteroatoms. The van der Waals surface area contributed by atoms with Crippen LogP contribution in [0.5, 0.6) is 0 Å². The number of aliphatic hydroxyl groups excluding tert-OH is 1. The van der Waals surface area contributed by atoms with Crippen molar-refractivity contribution < 1.29 is 14.7 Å². The minimum absolute atomic E-state index is 0.214. The number of carbonyl (C=O) groups is 2. The van der Waals surface area contributed by atoms with Crippen molar-refractivity contribution in [1.82, 2.24) is 0 Å². The molecule has 6 nitrogen and oxygen atoms in total. The zero-order chi connectivity index (χ0) is 22.0. The van der Waals surface area contributed by atoms with Crippen LogP contribution in [0.25, 0.3) is 11.3 Å².